The van der Waals surface area contributed by atoms with E-state index in [-0.39, 0.29) is 16.7 Å². The third-order valence-corrected chi connectivity index (χ3v) is 10.7. The molecule has 298 valence electrons. The number of carbonyl (C=O) groups excluding carboxylic acids is 5. The van der Waals surface area contributed by atoms with Crippen LogP contribution in [-0.4, -0.2) is 88.2 Å². The molecule has 0 spiro atoms. The van der Waals surface area contributed by atoms with Crippen LogP contribution in [-0.2, 0) is 38.2 Å². The average Bonchev–Trinajstić information content (AvgIpc) is 3.58. The Balaban J connectivity index is 1.39. The normalized spacial score (nSPS) is 17.4. The van der Waals surface area contributed by atoms with Crippen molar-refractivity contribution >= 4 is 86.6 Å². The lowest BCUT2D eigenvalue weighted by Crippen LogP contribution is -2.71. The summed E-state index contributed by atoms with van der Waals surface area (Å²) in [7, 11) is 0. The number of oxime groups is 1. The van der Waals surface area contributed by atoms with E-state index in [1.807, 2.05) is 60.7 Å². The van der Waals surface area contributed by atoms with Crippen molar-refractivity contribution in [2.45, 2.75) is 89.7 Å². The number of hydrogen-bond acceptors (Lipinski definition) is 14. The van der Waals surface area contributed by atoms with Gasteiger partial charge in [0, 0.05) is 21.7 Å². The minimum atomic E-state index is -1.66. The molecule has 2 aromatic carbocycles. The molecule has 15 nitrogen and oxygen atoms in total. The molecule has 3 amide bonds. The van der Waals surface area contributed by atoms with Crippen LogP contribution in [0.25, 0.3) is 0 Å². The summed E-state index contributed by atoms with van der Waals surface area (Å²) in [6.45, 7) is 13.0. The van der Waals surface area contributed by atoms with Crippen molar-refractivity contribution in [3.05, 3.63) is 88.9 Å². The van der Waals surface area contributed by atoms with Gasteiger partial charge in [0.25, 0.3) is 11.8 Å². The number of ether oxygens (including phenoxy) is 3. The van der Waals surface area contributed by atoms with Gasteiger partial charge in [0.15, 0.2) is 6.10 Å². The molecule has 0 radical (unpaired) electrons. The number of carbonyl (C=O) groups is 5. The van der Waals surface area contributed by atoms with Gasteiger partial charge in [-0.2, -0.15) is 9.36 Å². The predicted octanol–water partition coefficient (Wildman–Crippen LogP) is 6.15. The van der Waals surface area contributed by atoms with Crippen LogP contribution in [0.3, 0.4) is 0 Å². The summed E-state index contributed by atoms with van der Waals surface area (Å²) >= 11 is 4.27. The monoisotopic (exact) mass is 918 g/mol. The first kappa shape index (κ1) is 42.6. The molecule has 56 heavy (non-hydrogen) atoms. The quantitative estimate of drug-likeness (QED) is 0.0402. The Morgan fingerprint density at radius 3 is 2.07 bits per heavy atom. The number of halogens is 1. The van der Waals surface area contributed by atoms with Gasteiger partial charge in [-0.05, 0) is 72.1 Å². The van der Waals surface area contributed by atoms with Gasteiger partial charge in [0.1, 0.15) is 28.3 Å². The molecule has 5 rings (SSSR count). The molecule has 2 aliphatic rings. The van der Waals surface area contributed by atoms with Crippen LogP contribution in [0.1, 0.15) is 78.4 Å². The highest BCUT2D eigenvalue weighted by Crippen LogP contribution is 2.42. The second-order valence-corrected chi connectivity index (χ2v) is 17.8. The minimum absolute atomic E-state index is 0.0150. The fourth-order valence-corrected chi connectivity index (χ4v) is 8.17. The first-order valence-corrected chi connectivity index (χ1v) is 20.8. The Bertz CT molecular complexity index is 1990. The van der Waals surface area contributed by atoms with E-state index < -0.39 is 69.9 Å². The first-order valence-electron chi connectivity index (χ1n) is 17.5. The van der Waals surface area contributed by atoms with Crippen LogP contribution >= 0.6 is 45.9 Å². The summed E-state index contributed by atoms with van der Waals surface area (Å²) in [5.41, 5.74) is -1.42. The third-order valence-electron chi connectivity index (χ3n) is 7.83. The van der Waals surface area contributed by atoms with Crippen LogP contribution in [0.2, 0.25) is 0 Å². The SMILES string of the molecule is CC(C)(C)OC(=O)Nc1nc(/C(=N/OC(C)(C)C(=O)OC(C)(C)C)C(=O)N[C@@H]2C(=O)N3C(C(=O)OC(c4ccccc4)c4ccccc4)=C(CI)CS[C@H]23)ns1. The Morgan fingerprint density at radius 2 is 1.52 bits per heavy atom. The van der Waals surface area contributed by atoms with Gasteiger partial charge < -0.3 is 24.4 Å². The summed E-state index contributed by atoms with van der Waals surface area (Å²) in [5, 5.41) is 8.47. The van der Waals surface area contributed by atoms with Gasteiger partial charge in [-0.15, -0.1) is 11.8 Å². The van der Waals surface area contributed by atoms with Crippen LogP contribution < -0.4 is 10.6 Å². The van der Waals surface area contributed by atoms with Gasteiger partial charge in [-0.25, -0.2) is 14.4 Å². The number of hydrogen-bond donors (Lipinski definition) is 2. The van der Waals surface area contributed by atoms with E-state index in [9.17, 15) is 24.0 Å². The molecular weight excluding hydrogens is 875 g/mol. The van der Waals surface area contributed by atoms with E-state index in [4.69, 9.17) is 19.0 Å². The predicted molar refractivity (Wildman–Crippen MR) is 219 cm³/mol. The first-order chi connectivity index (χ1) is 26.3. The Morgan fingerprint density at radius 1 is 0.929 bits per heavy atom. The molecule has 0 bridgehead atoms. The van der Waals surface area contributed by atoms with Crippen molar-refractivity contribution in [3.63, 3.8) is 0 Å². The summed E-state index contributed by atoms with van der Waals surface area (Å²) in [4.78, 5) is 78.5. The van der Waals surface area contributed by atoms with Crippen molar-refractivity contribution in [1.82, 2.24) is 19.6 Å². The van der Waals surface area contributed by atoms with E-state index in [0.717, 1.165) is 22.7 Å². The van der Waals surface area contributed by atoms with Crippen molar-refractivity contribution < 1.29 is 43.0 Å². The number of fused-ring (bicyclic) bond motifs is 1. The number of benzene rings is 2. The number of amides is 3. The summed E-state index contributed by atoms with van der Waals surface area (Å²) < 4.78 is 21.5. The van der Waals surface area contributed by atoms with Crippen molar-refractivity contribution in [2.24, 2.45) is 5.16 Å². The van der Waals surface area contributed by atoms with E-state index in [1.54, 1.807) is 41.5 Å². The van der Waals surface area contributed by atoms with E-state index in [2.05, 4.69) is 47.7 Å². The lowest BCUT2D eigenvalue weighted by atomic mass is 10.0. The van der Waals surface area contributed by atoms with E-state index in [0.29, 0.717) is 15.8 Å². The number of aromatic nitrogens is 2. The second kappa shape index (κ2) is 17.3. The molecule has 0 unspecified atom stereocenters. The molecule has 2 N–H and O–H groups in total. The zero-order chi connectivity index (χ0) is 41.0. The second-order valence-electron chi connectivity index (χ2n) is 15.1. The van der Waals surface area contributed by atoms with Gasteiger partial charge >= 0.3 is 18.0 Å². The van der Waals surface area contributed by atoms with Crippen LogP contribution in [0.15, 0.2) is 77.1 Å². The average molecular weight is 919 g/mol. The minimum Gasteiger partial charge on any atom is -0.457 e. The Kier molecular flexibility index (Phi) is 13.1. The number of nitrogens with one attached hydrogen (secondary N) is 2. The van der Waals surface area contributed by atoms with Crippen LogP contribution in [0.4, 0.5) is 9.93 Å². The number of β-lactam (4-membered cyclic amide) rings is 1. The molecule has 1 fully saturated rings. The Hall–Kier alpha value is -4.56. The molecule has 18 heteroatoms. The number of nitrogens with zero attached hydrogens (tertiary/aromatic N) is 4. The lowest BCUT2D eigenvalue weighted by molar-refractivity contribution is -0.179. The fraction of sp³-hybridized carbons (Fsp3) is 0.421. The highest BCUT2D eigenvalue weighted by Gasteiger charge is 2.55. The van der Waals surface area contributed by atoms with Gasteiger partial charge in [0.2, 0.25) is 22.3 Å². The standard InChI is InChI=1S/C38H43IN6O9S2/c1-36(2,3)52-33(49)38(7,8)54-43-24(28-41-34(56-44-28)42-35(50)53-37(4,5)6)29(46)40-25-30(47)45-26(23(19-39)20-55-31(25)45)32(48)51-27(21-15-11-9-12-16-21)22-17-13-10-14-18-22/h9-18,25,27,31H,19-20H2,1-8H3,(H,40,46)(H,41,42,44,50)/b43-24-/t25-,31-/m1/s1. The van der Waals surface area contributed by atoms with E-state index >= 15 is 0 Å². The maximum absolute atomic E-state index is 14.1. The lowest BCUT2D eigenvalue weighted by Gasteiger charge is -2.49. The molecular formula is C38H43IN6O9S2. The highest BCUT2D eigenvalue weighted by atomic mass is 127. The number of alkyl halides is 1. The molecule has 1 aromatic heterocycles. The number of esters is 2. The number of anilines is 1. The number of rotatable bonds is 12. The largest absolute Gasteiger partial charge is 0.457 e. The van der Waals surface area contributed by atoms with Crippen molar-refractivity contribution in [2.75, 3.05) is 15.5 Å². The van der Waals surface area contributed by atoms with E-state index in [1.165, 1.54) is 30.5 Å². The molecule has 0 saturated carbocycles. The topological polar surface area (TPSA) is 188 Å². The van der Waals surface area contributed by atoms with Crippen LogP contribution in [0.5, 0.6) is 0 Å². The number of thioether (sulfide) groups is 1. The molecule has 3 heterocycles. The molecule has 1 saturated heterocycles. The molecule has 0 aliphatic carbocycles. The summed E-state index contributed by atoms with van der Waals surface area (Å²) in [6.07, 6.45) is -1.54. The summed E-state index contributed by atoms with van der Waals surface area (Å²) in [5.74, 6) is -2.75. The van der Waals surface area contributed by atoms with Gasteiger partial charge in [0.05, 0.1) is 0 Å². The zero-order valence-electron chi connectivity index (χ0n) is 32.1. The van der Waals surface area contributed by atoms with Gasteiger partial charge in [-0.1, -0.05) is 88.4 Å². The van der Waals surface area contributed by atoms with Crippen molar-refractivity contribution in [1.29, 1.82) is 0 Å². The third kappa shape index (κ3) is 10.4. The maximum atomic E-state index is 14.1. The van der Waals surface area contributed by atoms with Crippen molar-refractivity contribution in [3.8, 4) is 0 Å². The molecule has 3 aromatic rings. The molecule has 2 atom stereocenters. The van der Waals surface area contributed by atoms with Crippen LogP contribution in [0, 0.1) is 0 Å². The fourth-order valence-electron chi connectivity index (χ4n) is 5.27. The smallest absolute Gasteiger partial charge is 0.414 e. The molecule has 2 aliphatic heterocycles. The Labute approximate surface area is 346 Å². The van der Waals surface area contributed by atoms with Gasteiger partial charge in [-0.3, -0.25) is 19.8 Å². The maximum Gasteiger partial charge on any atom is 0.414 e. The summed E-state index contributed by atoms with van der Waals surface area (Å²) in [6, 6.07) is 17.5. The zero-order valence-corrected chi connectivity index (χ0v) is 35.9. The highest BCUT2D eigenvalue weighted by molar-refractivity contribution is 14.1.